The maximum absolute atomic E-state index is 10.4. The first-order valence-corrected chi connectivity index (χ1v) is 8.89. The highest BCUT2D eigenvalue weighted by Crippen LogP contribution is 2.30. The summed E-state index contributed by atoms with van der Waals surface area (Å²) in [5, 5.41) is 15.0. The van der Waals surface area contributed by atoms with Crippen molar-refractivity contribution in [1.82, 2.24) is 10.1 Å². The van der Waals surface area contributed by atoms with Crippen LogP contribution in [0.15, 0.2) is 34.4 Å². The normalized spacial score (nSPS) is 23.2. The molecule has 5 nitrogen and oxygen atoms in total. The van der Waals surface area contributed by atoms with Crippen LogP contribution in [0.4, 0.5) is 0 Å². The number of nitrogens with zero attached hydrogens (tertiary/aromatic N) is 2. The van der Waals surface area contributed by atoms with E-state index in [2.05, 4.69) is 16.1 Å². The van der Waals surface area contributed by atoms with Crippen LogP contribution in [0.3, 0.4) is 0 Å². The van der Waals surface area contributed by atoms with Gasteiger partial charge in [-0.25, -0.2) is 0 Å². The Balaban J connectivity index is 1.40. The summed E-state index contributed by atoms with van der Waals surface area (Å²) in [6, 6.07) is 7.60. The van der Waals surface area contributed by atoms with Crippen molar-refractivity contribution in [3.8, 4) is 5.75 Å². The van der Waals surface area contributed by atoms with Crippen LogP contribution < -0.4 is 4.74 Å². The zero-order valence-corrected chi connectivity index (χ0v) is 14.9. The Kier molecular flexibility index (Phi) is 4.54. The molecular formula is C19H21ClN2O3. The number of β-amino-alcohol motifs (C(OH)–C–C–N with tert-alkyl or cyclic N) is 1. The number of rotatable bonds is 4. The van der Waals surface area contributed by atoms with Gasteiger partial charge in [-0.05, 0) is 36.8 Å². The second kappa shape index (κ2) is 6.83. The standard InChI is InChI=1S/C19H21ClN2O3/c1-12-4-17(25-21-12)7-15-9-22(10-18(15)23)8-13-5-14-6-16(20)2-3-19(14)24-11-13/h2-6,15,18,23H,7-11H2,1H3/t15-,18+/m1/s1. The number of aryl methyl sites for hydroxylation is 1. The van der Waals surface area contributed by atoms with Crippen molar-refractivity contribution >= 4 is 17.7 Å². The van der Waals surface area contributed by atoms with E-state index in [0.29, 0.717) is 24.6 Å². The van der Waals surface area contributed by atoms with Gasteiger partial charge in [-0.2, -0.15) is 0 Å². The zero-order valence-electron chi connectivity index (χ0n) is 14.1. The minimum Gasteiger partial charge on any atom is -0.489 e. The van der Waals surface area contributed by atoms with Crippen LogP contribution in [0.25, 0.3) is 6.08 Å². The fraction of sp³-hybridized carbons (Fsp3) is 0.421. The third-order valence-electron chi connectivity index (χ3n) is 4.79. The van der Waals surface area contributed by atoms with Gasteiger partial charge in [0.25, 0.3) is 0 Å². The van der Waals surface area contributed by atoms with Crippen LogP contribution in [0.1, 0.15) is 17.0 Å². The molecule has 1 saturated heterocycles. The van der Waals surface area contributed by atoms with Crippen LogP contribution in [-0.4, -0.2) is 47.5 Å². The van der Waals surface area contributed by atoms with Gasteiger partial charge in [0.2, 0.25) is 0 Å². The van der Waals surface area contributed by atoms with Gasteiger partial charge in [-0.3, -0.25) is 4.90 Å². The highest BCUT2D eigenvalue weighted by atomic mass is 35.5. The summed E-state index contributed by atoms with van der Waals surface area (Å²) in [4.78, 5) is 2.27. The predicted octanol–water partition coefficient (Wildman–Crippen LogP) is 2.95. The molecule has 2 aromatic rings. The largest absolute Gasteiger partial charge is 0.489 e. The number of halogens is 1. The minimum absolute atomic E-state index is 0.166. The Morgan fingerprint density at radius 3 is 3.00 bits per heavy atom. The van der Waals surface area contributed by atoms with E-state index in [-0.39, 0.29) is 12.0 Å². The SMILES string of the molecule is Cc1cc(C[C@@H]2CN(CC3=Cc4cc(Cl)ccc4OC3)C[C@@H]2O)on1. The first-order valence-electron chi connectivity index (χ1n) is 8.51. The maximum Gasteiger partial charge on any atom is 0.137 e. The number of hydrogen-bond acceptors (Lipinski definition) is 5. The molecular weight excluding hydrogens is 340 g/mol. The molecule has 1 fully saturated rings. The fourth-order valence-corrected chi connectivity index (χ4v) is 3.80. The Morgan fingerprint density at radius 1 is 1.32 bits per heavy atom. The van der Waals surface area contributed by atoms with Crippen LogP contribution in [0, 0.1) is 12.8 Å². The number of aliphatic hydroxyl groups excluding tert-OH is 1. The Hall–Kier alpha value is -1.82. The highest BCUT2D eigenvalue weighted by molar-refractivity contribution is 6.30. The van der Waals surface area contributed by atoms with E-state index >= 15 is 0 Å². The van der Waals surface area contributed by atoms with E-state index in [1.54, 1.807) is 0 Å². The van der Waals surface area contributed by atoms with Gasteiger partial charge >= 0.3 is 0 Å². The summed E-state index contributed by atoms with van der Waals surface area (Å²) >= 11 is 6.07. The molecule has 132 valence electrons. The summed E-state index contributed by atoms with van der Waals surface area (Å²) in [6.45, 7) is 4.77. The van der Waals surface area contributed by atoms with Gasteiger partial charge in [-0.1, -0.05) is 16.8 Å². The molecule has 0 bridgehead atoms. The topological polar surface area (TPSA) is 58.7 Å². The van der Waals surface area contributed by atoms with Crippen molar-refractivity contribution in [3.63, 3.8) is 0 Å². The molecule has 3 heterocycles. The minimum atomic E-state index is -0.350. The van der Waals surface area contributed by atoms with Crippen LogP contribution >= 0.6 is 11.6 Å². The third-order valence-corrected chi connectivity index (χ3v) is 5.03. The lowest BCUT2D eigenvalue weighted by atomic mass is 10.0. The molecule has 1 N–H and O–H groups in total. The van der Waals surface area contributed by atoms with Crippen molar-refractivity contribution in [2.75, 3.05) is 26.2 Å². The lowest BCUT2D eigenvalue weighted by Gasteiger charge is -2.22. The number of fused-ring (bicyclic) bond motifs is 1. The highest BCUT2D eigenvalue weighted by Gasteiger charge is 2.32. The number of hydrogen-bond donors (Lipinski definition) is 1. The molecule has 0 saturated carbocycles. The van der Waals surface area contributed by atoms with Gasteiger partial charge in [0.1, 0.15) is 18.1 Å². The van der Waals surface area contributed by atoms with E-state index < -0.39 is 0 Å². The second-order valence-electron chi connectivity index (χ2n) is 6.93. The average molecular weight is 361 g/mol. The summed E-state index contributed by atoms with van der Waals surface area (Å²) in [5.41, 5.74) is 3.08. The maximum atomic E-state index is 10.4. The summed E-state index contributed by atoms with van der Waals surface area (Å²) in [6.07, 6.45) is 2.51. The van der Waals surface area contributed by atoms with Crippen LogP contribution in [-0.2, 0) is 6.42 Å². The molecule has 4 rings (SSSR count). The molecule has 1 aromatic heterocycles. The van der Waals surface area contributed by atoms with Crippen molar-refractivity contribution in [3.05, 3.63) is 51.9 Å². The van der Waals surface area contributed by atoms with Crippen molar-refractivity contribution in [2.24, 2.45) is 5.92 Å². The zero-order chi connectivity index (χ0) is 17.4. The third kappa shape index (κ3) is 3.73. The van der Waals surface area contributed by atoms with Crippen LogP contribution in [0.5, 0.6) is 5.75 Å². The fourth-order valence-electron chi connectivity index (χ4n) is 3.62. The number of ether oxygens (including phenoxy) is 1. The van der Waals surface area contributed by atoms with Crippen molar-refractivity contribution < 1.29 is 14.4 Å². The van der Waals surface area contributed by atoms with E-state index in [1.165, 1.54) is 5.57 Å². The molecule has 1 aromatic carbocycles. The summed E-state index contributed by atoms with van der Waals surface area (Å²) in [7, 11) is 0. The van der Waals surface area contributed by atoms with E-state index in [9.17, 15) is 5.11 Å². The number of benzene rings is 1. The first kappa shape index (κ1) is 16.6. The monoisotopic (exact) mass is 360 g/mol. The molecule has 0 unspecified atom stereocenters. The molecule has 25 heavy (non-hydrogen) atoms. The van der Waals surface area contributed by atoms with Gasteiger partial charge in [0, 0.05) is 48.6 Å². The van der Waals surface area contributed by atoms with Gasteiger partial charge in [-0.15, -0.1) is 0 Å². The lowest BCUT2D eigenvalue weighted by molar-refractivity contribution is 0.138. The molecule has 2 aliphatic heterocycles. The molecule has 0 radical (unpaired) electrons. The molecule has 6 heteroatoms. The molecule has 2 aliphatic rings. The number of aromatic nitrogens is 1. The second-order valence-corrected chi connectivity index (χ2v) is 7.37. The molecule has 2 atom stereocenters. The van der Waals surface area contributed by atoms with E-state index in [0.717, 1.165) is 35.9 Å². The molecule has 0 aliphatic carbocycles. The number of aliphatic hydroxyl groups is 1. The summed E-state index contributed by atoms with van der Waals surface area (Å²) in [5.74, 6) is 1.87. The van der Waals surface area contributed by atoms with Gasteiger partial charge in [0.15, 0.2) is 0 Å². The Morgan fingerprint density at radius 2 is 2.20 bits per heavy atom. The van der Waals surface area contributed by atoms with E-state index in [4.69, 9.17) is 20.9 Å². The Bertz CT molecular complexity index is 802. The molecule has 0 spiro atoms. The Labute approximate surface area is 151 Å². The lowest BCUT2D eigenvalue weighted by Crippen LogP contribution is -2.27. The van der Waals surface area contributed by atoms with Gasteiger partial charge in [0.05, 0.1) is 11.8 Å². The van der Waals surface area contributed by atoms with Gasteiger partial charge < -0.3 is 14.4 Å². The van der Waals surface area contributed by atoms with Crippen LogP contribution in [0.2, 0.25) is 5.02 Å². The van der Waals surface area contributed by atoms with E-state index in [1.807, 2.05) is 31.2 Å². The molecule has 0 amide bonds. The van der Waals surface area contributed by atoms with Crippen molar-refractivity contribution in [1.29, 1.82) is 0 Å². The quantitative estimate of drug-likeness (QED) is 0.908. The average Bonchev–Trinajstić information content (AvgIpc) is 3.13. The predicted molar refractivity (Wildman–Crippen MR) is 95.8 cm³/mol. The summed E-state index contributed by atoms with van der Waals surface area (Å²) < 4.78 is 11.1. The first-order chi connectivity index (χ1) is 12.1. The smallest absolute Gasteiger partial charge is 0.137 e. The number of likely N-dealkylation sites (tertiary alicyclic amines) is 1. The van der Waals surface area contributed by atoms with Crippen molar-refractivity contribution in [2.45, 2.75) is 19.4 Å².